The van der Waals surface area contributed by atoms with Gasteiger partial charge in [0.1, 0.15) is 5.75 Å². The smallest absolute Gasteiger partial charge is 0.224 e. The Balaban J connectivity index is 2.19. The van der Waals surface area contributed by atoms with Crippen molar-refractivity contribution in [3.05, 3.63) is 29.8 Å². The van der Waals surface area contributed by atoms with Crippen LogP contribution in [0.2, 0.25) is 0 Å². The Labute approximate surface area is 122 Å². The van der Waals surface area contributed by atoms with Gasteiger partial charge in [-0.1, -0.05) is 28.1 Å². The Hall–Kier alpha value is -1.07. The molecule has 0 spiro atoms. The van der Waals surface area contributed by atoms with Crippen LogP contribution in [-0.2, 0) is 16.0 Å². The van der Waals surface area contributed by atoms with Crippen molar-refractivity contribution in [3.8, 4) is 5.75 Å². The molecule has 0 saturated heterocycles. The van der Waals surface area contributed by atoms with E-state index in [0.717, 1.165) is 23.1 Å². The van der Waals surface area contributed by atoms with Crippen LogP contribution in [0.4, 0.5) is 0 Å². The lowest BCUT2D eigenvalue weighted by molar-refractivity contribution is -0.120. The van der Waals surface area contributed by atoms with E-state index in [1.807, 2.05) is 24.3 Å². The Morgan fingerprint density at radius 3 is 2.95 bits per heavy atom. The normalized spacial score (nSPS) is 10.2. The molecule has 0 aromatic heterocycles. The summed E-state index contributed by atoms with van der Waals surface area (Å²) in [5.41, 5.74) is 0.951. The standard InChI is InChI=1S/C14H20BrNO3/c1-18-13-5-2-4-12(10-13)11-14(17)16-7-3-8-19-9-6-15/h2,4-5,10H,3,6-9,11H2,1H3,(H,16,17). The third-order valence-electron chi connectivity index (χ3n) is 2.51. The lowest BCUT2D eigenvalue weighted by Crippen LogP contribution is -2.26. The minimum atomic E-state index is 0.0220. The van der Waals surface area contributed by atoms with Crippen LogP contribution in [-0.4, -0.2) is 38.1 Å². The van der Waals surface area contributed by atoms with Crippen LogP contribution in [0.5, 0.6) is 5.75 Å². The van der Waals surface area contributed by atoms with Gasteiger partial charge in [0.15, 0.2) is 0 Å². The first-order chi connectivity index (χ1) is 9.26. The molecule has 5 heteroatoms. The molecule has 1 amide bonds. The summed E-state index contributed by atoms with van der Waals surface area (Å²) in [6, 6.07) is 7.54. The van der Waals surface area contributed by atoms with Crippen molar-refractivity contribution < 1.29 is 14.3 Å². The van der Waals surface area contributed by atoms with Crippen molar-refractivity contribution in [2.24, 2.45) is 0 Å². The summed E-state index contributed by atoms with van der Waals surface area (Å²) in [6.45, 7) is 2.02. The van der Waals surface area contributed by atoms with E-state index in [-0.39, 0.29) is 5.91 Å². The maximum absolute atomic E-state index is 11.7. The Kier molecular flexibility index (Phi) is 8.25. The molecule has 0 aliphatic heterocycles. The number of carbonyl (C=O) groups excluding carboxylic acids is 1. The Bertz CT molecular complexity index is 385. The number of methoxy groups -OCH3 is 1. The van der Waals surface area contributed by atoms with E-state index in [0.29, 0.717) is 26.2 Å². The van der Waals surface area contributed by atoms with Crippen molar-refractivity contribution >= 4 is 21.8 Å². The van der Waals surface area contributed by atoms with Crippen LogP contribution < -0.4 is 10.1 Å². The summed E-state index contributed by atoms with van der Waals surface area (Å²) in [5.74, 6) is 0.794. The van der Waals surface area contributed by atoms with E-state index < -0.39 is 0 Å². The fourth-order valence-corrected chi connectivity index (χ4v) is 1.82. The summed E-state index contributed by atoms with van der Waals surface area (Å²) in [6.07, 6.45) is 1.20. The number of hydrogen-bond acceptors (Lipinski definition) is 3. The van der Waals surface area contributed by atoms with Crippen LogP contribution in [0, 0.1) is 0 Å². The predicted molar refractivity (Wildman–Crippen MR) is 78.9 cm³/mol. The van der Waals surface area contributed by atoms with Gasteiger partial charge < -0.3 is 14.8 Å². The second-order valence-electron chi connectivity index (χ2n) is 4.03. The van der Waals surface area contributed by atoms with Crippen LogP contribution in [0.3, 0.4) is 0 Å². The molecule has 0 aliphatic rings. The van der Waals surface area contributed by atoms with Gasteiger partial charge in [0.05, 0.1) is 20.1 Å². The zero-order valence-electron chi connectivity index (χ0n) is 11.2. The van der Waals surface area contributed by atoms with Gasteiger partial charge >= 0.3 is 0 Å². The zero-order chi connectivity index (χ0) is 13.9. The Morgan fingerprint density at radius 2 is 2.21 bits per heavy atom. The third-order valence-corrected chi connectivity index (χ3v) is 2.83. The quantitative estimate of drug-likeness (QED) is 0.558. The fourth-order valence-electron chi connectivity index (χ4n) is 1.59. The number of alkyl halides is 1. The lowest BCUT2D eigenvalue weighted by atomic mass is 10.1. The first-order valence-corrected chi connectivity index (χ1v) is 7.41. The molecular formula is C14H20BrNO3. The van der Waals surface area contributed by atoms with Gasteiger partial charge in [-0.25, -0.2) is 0 Å². The summed E-state index contributed by atoms with van der Waals surface area (Å²) in [7, 11) is 1.62. The van der Waals surface area contributed by atoms with Crippen molar-refractivity contribution in [1.29, 1.82) is 0 Å². The average molecular weight is 330 g/mol. The number of carbonyl (C=O) groups is 1. The molecule has 0 unspecified atom stereocenters. The van der Waals surface area contributed by atoms with Gasteiger partial charge in [-0.05, 0) is 24.1 Å². The summed E-state index contributed by atoms with van der Waals surface area (Å²) in [5, 5.41) is 3.72. The second kappa shape index (κ2) is 9.81. The van der Waals surface area contributed by atoms with Gasteiger partial charge in [0, 0.05) is 18.5 Å². The molecule has 0 atom stereocenters. The minimum Gasteiger partial charge on any atom is -0.497 e. The lowest BCUT2D eigenvalue weighted by Gasteiger charge is -2.07. The topological polar surface area (TPSA) is 47.6 Å². The van der Waals surface area contributed by atoms with Crippen LogP contribution >= 0.6 is 15.9 Å². The molecule has 106 valence electrons. The molecule has 4 nitrogen and oxygen atoms in total. The molecule has 1 rings (SSSR count). The maximum atomic E-state index is 11.7. The zero-order valence-corrected chi connectivity index (χ0v) is 12.7. The monoisotopic (exact) mass is 329 g/mol. The molecule has 1 aromatic rings. The average Bonchev–Trinajstić information content (AvgIpc) is 2.43. The number of nitrogens with one attached hydrogen (secondary N) is 1. The molecule has 0 saturated carbocycles. The SMILES string of the molecule is COc1cccc(CC(=O)NCCCOCCBr)c1. The second-order valence-corrected chi connectivity index (χ2v) is 4.83. The first kappa shape index (κ1) is 16.0. The van der Waals surface area contributed by atoms with Gasteiger partial charge in [-0.15, -0.1) is 0 Å². The van der Waals surface area contributed by atoms with Crippen molar-refractivity contribution in [2.45, 2.75) is 12.8 Å². The maximum Gasteiger partial charge on any atom is 0.224 e. The molecule has 0 radical (unpaired) electrons. The van der Waals surface area contributed by atoms with Crippen LogP contribution in [0.25, 0.3) is 0 Å². The van der Waals surface area contributed by atoms with E-state index >= 15 is 0 Å². The summed E-state index contributed by atoms with van der Waals surface area (Å²) < 4.78 is 10.4. The predicted octanol–water partition coefficient (Wildman–Crippen LogP) is 2.16. The molecule has 0 heterocycles. The molecule has 1 aromatic carbocycles. The van der Waals surface area contributed by atoms with Crippen LogP contribution in [0.1, 0.15) is 12.0 Å². The van der Waals surface area contributed by atoms with Crippen molar-refractivity contribution in [3.63, 3.8) is 0 Å². The molecule has 0 bridgehead atoms. The van der Waals surface area contributed by atoms with E-state index in [4.69, 9.17) is 9.47 Å². The van der Waals surface area contributed by atoms with Gasteiger partial charge in [-0.3, -0.25) is 4.79 Å². The summed E-state index contributed by atoms with van der Waals surface area (Å²) in [4.78, 5) is 11.7. The highest BCUT2D eigenvalue weighted by Gasteiger charge is 2.03. The molecular weight excluding hydrogens is 310 g/mol. The van der Waals surface area contributed by atoms with Gasteiger partial charge in [-0.2, -0.15) is 0 Å². The van der Waals surface area contributed by atoms with E-state index in [9.17, 15) is 4.79 Å². The van der Waals surface area contributed by atoms with Crippen LogP contribution in [0.15, 0.2) is 24.3 Å². The van der Waals surface area contributed by atoms with E-state index in [1.165, 1.54) is 0 Å². The third kappa shape index (κ3) is 7.18. The van der Waals surface area contributed by atoms with Gasteiger partial charge in [0.2, 0.25) is 5.91 Å². The number of ether oxygens (including phenoxy) is 2. The highest BCUT2D eigenvalue weighted by Crippen LogP contribution is 2.12. The fraction of sp³-hybridized carbons (Fsp3) is 0.500. The number of amides is 1. The Morgan fingerprint density at radius 1 is 1.37 bits per heavy atom. The number of benzene rings is 1. The molecule has 0 aliphatic carbocycles. The number of hydrogen-bond donors (Lipinski definition) is 1. The number of halogens is 1. The van der Waals surface area contributed by atoms with Crippen molar-refractivity contribution in [2.75, 3.05) is 32.2 Å². The first-order valence-electron chi connectivity index (χ1n) is 6.29. The molecule has 1 N–H and O–H groups in total. The largest absolute Gasteiger partial charge is 0.497 e. The highest BCUT2D eigenvalue weighted by molar-refractivity contribution is 9.09. The number of rotatable bonds is 9. The van der Waals surface area contributed by atoms with Gasteiger partial charge in [0.25, 0.3) is 0 Å². The molecule has 19 heavy (non-hydrogen) atoms. The minimum absolute atomic E-state index is 0.0220. The van der Waals surface area contributed by atoms with E-state index in [1.54, 1.807) is 7.11 Å². The molecule has 0 fully saturated rings. The summed E-state index contributed by atoms with van der Waals surface area (Å²) >= 11 is 3.29. The van der Waals surface area contributed by atoms with E-state index in [2.05, 4.69) is 21.2 Å². The highest BCUT2D eigenvalue weighted by atomic mass is 79.9. The van der Waals surface area contributed by atoms with Crippen molar-refractivity contribution in [1.82, 2.24) is 5.32 Å².